The first-order valence-corrected chi connectivity index (χ1v) is 5.47. The van der Waals surface area contributed by atoms with Crippen LogP contribution in [0.1, 0.15) is 29.0 Å². The van der Waals surface area contributed by atoms with Gasteiger partial charge in [-0.1, -0.05) is 5.16 Å². The van der Waals surface area contributed by atoms with Crippen LogP contribution in [0.15, 0.2) is 21.9 Å². The van der Waals surface area contributed by atoms with E-state index < -0.39 is 0 Å². The molecule has 0 aliphatic carbocycles. The molecule has 6 heteroatoms. The minimum atomic E-state index is -0.318. The molecule has 1 unspecified atom stereocenters. The molecule has 1 fully saturated rings. The average Bonchev–Trinajstić information content (AvgIpc) is 2.95. The first-order valence-electron chi connectivity index (χ1n) is 5.47. The van der Waals surface area contributed by atoms with Gasteiger partial charge >= 0.3 is 0 Å². The van der Waals surface area contributed by atoms with Gasteiger partial charge in [0.1, 0.15) is 5.76 Å². The lowest BCUT2D eigenvalue weighted by atomic mass is 10.1. The first kappa shape index (κ1) is 11.5. The maximum Gasteiger partial charge on any atom is 0.258 e. The van der Waals surface area contributed by atoms with Gasteiger partial charge in [-0.25, -0.2) is 0 Å². The highest BCUT2D eigenvalue weighted by Gasteiger charge is 2.33. The smallest absolute Gasteiger partial charge is 0.258 e. The van der Waals surface area contributed by atoms with Gasteiger partial charge in [-0.3, -0.25) is 4.79 Å². The molecule has 0 spiro atoms. The van der Waals surface area contributed by atoms with Crippen LogP contribution in [0.4, 0.5) is 0 Å². The average molecular weight is 237 g/mol. The number of furan rings is 1. The molecule has 1 atom stereocenters. The summed E-state index contributed by atoms with van der Waals surface area (Å²) in [5.41, 5.74) is 6.11. The standard InChI is InChI=1S/C11H15N3O3/c1-7-8(4-6-17-7)11(15)14-5-2-3-9(14)10(12)13-16/h4,6,9,16H,2-3,5H2,1H3,(H2,12,13). The van der Waals surface area contributed by atoms with Gasteiger partial charge in [0, 0.05) is 6.54 Å². The van der Waals surface area contributed by atoms with Crippen molar-refractivity contribution in [2.45, 2.75) is 25.8 Å². The Balaban J connectivity index is 2.23. The van der Waals surface area contributed by atoms with Crippen LogP contribution in [0.3, 0.4) is 0 Å². The highest BCUT2D eigenvalue weighted by Crippen LogP contribution is 2.22. The van der Waals surface area contributed by atoms with Gasteiger partial charge in [0.15, 0.2) is 5.84 Å². The van der Waals surface area contributed by atoms with Crippen molar-refractivity contribution in [3.05, 3.63) is 23.7 Å². The Morgan fingerprint density at radius 3 is 3.06 bits per heavy atom. The van der Waals surface area contributed by atoms with E-state index in [2.05, 4.69) is 5.16 Å². The van der Waals surface area contributed by atoms with E-state index in [1.54, 1.807) is 17.9 Å². The monoisotopic (exact) mass is 237 g/mol. The number of oxime groups is 1. The molecule has 2 heterocycles. The van der Waals surface area contributed by atoms with Crippen LogP contribution < -0.4 is 5.73 Å². The van der Waals surface area contributed by atoms with Crippen molar-refractivity contribution in [1.82, 2.24) is 4.90 Å². The molecule has 17 heavy (non-hydrogen) atoms. The Bertz CT molecular complexity index is 453. The highest BCUT2D eigenvalue weighted by atomic mass is 16.4. The number of rotatable bonds is 2. The number of hydrogen-bond acceptors (Lipinski definition) is 4. The fourth-order valence-corrected chi connectivity index (χ4v) is 2.15. The summed E-state index contributed by atoms with van der Waals surface area (Å²) in [4.78, 5) is 13.9. The molecule has 3 N–H and O–H groups in total. The van der Waals surface area contributed by atoms with Crippen molar-refractivity contribution in [1.29, 1.82) is 0 Å². The third-order valence-electron chi connectivity index (χ3n) is 3.06. The molecule has 1 aliphatic heterocycles. The quantitative estimate of drug-likeness (QED) is 0.346. The van der Waals surface area contributed by atoms with Gasteiger partial charge in [-0.15, -0.1) is 0 Å². The van der Waals surface area contributed by atoms with Crippen molar-refractivity contribution >= 4 is 11.7 Å². The second-order valence-electron chi connectivity index (χ2n) is 4.07. The van der Waals surface area contributed by atoms with Gasteiger partial charge < -0.3 is 20.3 Å². The van der Waals surface area contributed by atoms with E-state index in [9.17, 15) is 4.79 Å². The van der Waals surface area contributed by atoms with Crippen LogP contribution >= 0.6 is 0 Å². The molecule has 0 radical (unpaired) electrons. The fourth-order valence-electron chi connectivity index (χ4n) is 2.15. The molecule has 92 valence electrons. The summed E-state index contributed by atoms with van der Waals surface area (Å²) in [5, 5.41) is 11.7. The number of hydrogen-bond donors (Lipinski definition) is 2. The summed E-state index contributed by atoms with van der Waals surface area (Å²) in [6.07, 6.45) is 3.05. The van der Waals surface area contributed by atoms with Crippen LogP contribution in [0, 0.1) is 6.92 Å². The number of likely N-dealkylation sites (tertiary alicyclic amines) is 1. The second-order valence-corrected chi connectivity index (χ2v) is 4.07. The summed E-state index contributed by atoms with van der Waals surface area (Å²) >= 11 is 0. The minimum absolute atomic E-state index is 0.0806. The van der Waals surface area contributed by atoms with Crippen LogP contribution in [0.25, 0.3) is 0 Å². The zero-order valence-electron chi connectivity index (χ0n) is 9.59. The molecule has 1 saturated heterocycles. The van der Waals surface area contributed by atoms with Gasteiger partial charge in [0.05, 0.1) is 17.9 Å². The van der Waals surface area contributed by atoms with E-state index >= 15 is 0 Å². The summed E-state index contributed by atoms with van der Waals surface area (Å²) in [7, 11) is 0. The predicted octanol–water partition coefficient (Wildman–Crippen LogP) is 0.939. The van der Waals surface area contributed by atoms with Crippen LogP contribution in [0.2, 0.25) is 0 Å². The van der Waals surface area contributed by atoms with E-state index in [0.29, 0.717) is 17.9 Å². The second kappa shape index (κ2) is 4.48. The normalized spacial score (nSPS) is 20.9. The lowest BCUT2D eigenvalue weighted by Crippen LogP contribution is -2.43. The Morgan fingerprint density at radius 2 is 2.47 bits per heavy atom. The SMILES string of the molecule is Cc1occc1C(=O)N1CCCC1C(N)=NO. The molecule has 1 aromatic rings. The summed E-state index contributed by atoms with van der Waals surface area (Å²) in [6.45, 7) is 2.35. The third-order valence-corrected chi connectivity index (χ3v) is 3.06. The Morgan fingerprint density at radius 1 is 1.71 bits per heavy atom. The number of amides is 1. The topological polar surface area (TPSA) is 92.1 Å². The molecule has 1 aliphatic rings. The maximum atomic E-state index is 12.2. The Kier molecular flexibility index (Phi) is 3.03. The molecule has 1 aromatic heterocycles. The number of carbonyl (C=O) groups is 1. The molecule has 0 saturated carbocycles. The lowest BCUT2D eigenvalue weighted by Gasteiger charge is -2.23. The molecule has 6 nitrogen and oxygen atoms in total. The van der Waals surface area contributed by atoms with Crippen molar-refractivity contribution < 1.29 is 14.4 Å². The number of aryl methyl sites for hydroxylation is 1. The van der Waals surface area contributed by atoms with Crippen LogP contribution in [-0.2, 0) is 0 Å². The summed E-state index contributed by atoms with van der Waals surface area (Å²) in [6, 6.07) is 1.32. The van der Waals surface area contributed by atoms with Crippen LogP contribution in [-0.4, -0.2) is 34.4 Å². The van der Waals surface area contributed by atoms with E-state index in [0.717, 1.165) is 12.8 Å². The number of nitrogens with two attached hydrogens (primary N) is 1. The fraction of sp³-hybridized carbons (Fsp3) is 0.455. The molecule has 0 bridgehead atoms. The third kappa shape index (κ3) is 1.98. The van der Waals surface area contributed by atoms with Gasteiger partial charge in [0.25, 0.3) is 5.91 Å². The van der Waals surface area contributed by atoms with Crippen molar-refractivity contribution in [3.8, 4) is 0 Å². The maximum absolute atomic E-state index is 12.2. The van der Waals surface area contributed by atoms with Crippen molar-refractivity contribution in [2.24, 2.45) is 10.9 Å². The Hall–Kier alpha value is -1.98. The molecule has 2 rings (SSSR count). The highest BCUT2D eigenvalue weighted by molar-refractivity contribution is 5.99. The molecular weight excluding hydrogens is 222 g/mol. The van der Waals surface area contributed by atoms with Gasteiger partial charge in [0.2, 0.25) is 0 Å². The van der Waals surface area contributed by atoms with E-state index in [-0.39, 0.29) is 17.8 Å². The summed E-state index contributed by atoms with van der Waals surface area (Å²) < 4.78 is 5.11. The zero-order chi connectivity index (χ0) is 12.4. The van der Waals surface area contributed by atoms with Gasteiger partial charge in [-0.05, 0) is 25.8 Å². The Labute approximate surface area is 98.7 Å². The number of carbonyl (C=O) groups excluding carboxylic acids is 1. The lowest BCUT2D eigenvalue weighted by molar-refractivity contribution is 0.0766. The minimum Gasteiger partial charge on any atom is -0.469 e. The molecule has 0 aromatic carbocycles. The zero-order valence-corrected chi connectivity index (χ0v) is 9.59. The first-order chi connectivity index (χ1) is 8.15. The van der Waals surface area contributed by atoms with Crippen molar-refractivity contribution in [3.63, 3.8) is 0 Å². The predicted molar refractivity (Wildman–Crippen MR) is 60.9 cm³/mol. The van der Waals surface area contributed by atoms with Gasteiger partial charge in [-0.2, -0.15) is 0 Å². The number of amidine groups is 1. The molecular formula is C11H15N3O3. The summed E-state index contributed by atoms with van der Waals surface area (Å²) in [5.74, 6) is 0.530. The largest absolute Gasteiger partial charge is 0.469 e. The van der Waals surface area contributed by atoms with E-state index in [1.165, 1.54) is 6.26 Å². The van der Waals surface area contributed by atoms with E-state index in [1.807, 2.05) is 0 Å². The molecule has 1 amide bonds. The number of nitrogens with zero attached hydrogens (tertiary/aromatic N) is 2. The van der Waals surface area contributed by atoms with E-state index in [4.69, 9.17) is 15.4 Å². The van der Waals surface area contributed by atoms with Crippen molar-refractivity contribution in [2.75, 3.05) is 6.54 Å². The van der Waals surface area contributed by atoms with Crippen LogP contribution in [0.5, 0.6) is 0 Å².